The maximum Gasteiger partial charge on any atom is 0.223 e. The second-order valence-corrected chi connectivity index (χ2v) is 6.09. The quantitative estimate of drug-likeness (QED) is 0.810. The lowest BCUT2D eigenvalue weighted by Crippen LogP contribution is -2.43. The number of carbonyl (C=O) groups excluding carboxylic acids is 1. The number of halogens is 1. The summed E-state index contributed by atoms with van der Waals surface area (Å²) >= 11 is 0. The van der Waals surface area contributed by atoms with Crippen LogP contribution in [-0.4, -0.2) is 18.5 Å². The predicted octanol–water partition coefficient (Wildman–Crippen LogP) is 2.62. The molecule has 2 fully saturated rings. The van der Waals surface area contributed by atoms with Crippen LogP contribution in [0.2, 0.25) is 0 Å². The van der Waals surface area contributed by atoms with Crippen molar-refractivity contribution in [3.63, 3.8) is 0 Å². The Morgan fingerprint density at radius 3 is 2.56 bits per heavy atom. The molecular formula is C14H27ClN2O. The molecule has 2 unspecified atom stereocenters. The summed E-state index contributed by atoms with van der Waals surface area (Å²) in [5, 5.41) is 3.18. The standard InChI is InChI=1S/C14H26N2O.ClH/c1-2-6-14(7-3-8-14)10-16-13(17)11-4-5-12(15)9-11;/h11-12H,2-10,15H2,1H3,(H,16,17);1H. The van der Waals surface area contributed by atoms with Crippen molar-refractivity contribution in [2.45, 2.75) is 64.3 Å². The molecule has 0 aromatic rings. The number of nitrogens with one attached hydrogen (secondary N) is 1. The van der Waals surface area contributed by atoms with Gasteiger partial charge >= 0.3 is 0 Å². The summed E-state index contributed by atoms with van der Waals surface area (Å²) in [6.07, 6.45) is 9.29. The molecule has 2 atom stereocenters. The van der Waals surface area contributed by atoms with E-state index in [2.05, 4.69) is 12.2 Å². The van der Waals surface area contributed by atoms with Gasteiger partial charge in [0, 0.05) is 18.5 Å². The molecule has 3 nitrogen and oxygen atoms in total. The van der Waals surface area contributed by atoms with Crippen LogP contribution >= 0.6 is 12.4 Å². The first-order valence-corrected chi connectivity index (χ1v) is 7.18. The highest BCUT2D eigenvalue weighted by Crippen LogP contribution is 2.44. The minimum Gasteiger partial charge on any atom is -0.355 e. The van der Waals surface area contributed by atoms with Crippen LogP contribution in [-0.2, 0) is 4.79 Å². The SMILES string of the molecule is CCCC1(CNC(=O)C2CCC(N)C2)CCC1.Cl. The third-order valence-corrected chi connectivity index (χ3v) is 4.68. The Bertz CT molecular complexity index is 279. The summed E-state index contributed by atoms with van der Waals surface area (Å²) < 4.78 is 0. The molecule has 18 heavy (non-hydrogen) atoms. The third-order valence-electron chi connectivity index (χ3n) is 4.68. The molecule has 3 N–H and O–H groups in total. The van der Waals surface area contributed by atoms with Crippen molar-refractivity contribution < 1.29 is 4.79 Å². The molecule has 0 aromatic heterocycles. The lowest BCUT2D eigenvalue weighted by Gasteiger charge is -2.42. The van der Waals surface area contributed by atoms with Crippen LogP contribution in [0.25, 0.3) is 0 Å². The van der Waals surface area contributed by atoms with E-state index in [1.165, 1.54) is 32.1 Å². The van der Waals surface area contributed by atoms with Gasteiger partial charge in [0.15, 0.2) is 0 Å². The fourth-order valence-electron chi connectivity index (χ4n) is 3.40. The average molecular weight is 275 g/mol. The Morgan fingerprint density at radius 2 is 2.11 bits per heavy atom. The highest BCUT2D eigenvalue weighted by molar-refractivity contribution is 5.85. The molecule has 0 aliphatic heterocycles. The number of amides is 1. The number of nitrogens with two attached hydrogens (primary N) is 1. The van der Waals surface area contributed by atoms with E-state index < -0.39 is 0 Å². The minimum absolute atomic E-state index is 0. The normalized spacial score (nSPS) is 29.2. The molecule has 0 aromatic carbocycles. The molecule has 0 bridgehead atoms. The Labute approximate surface area is 117 Å². The van der Waals surface area contributed by atoms with Gasteiger partial charge in [-0.05, 0) is 43.9 Å². The number of hydrogen-bond donors (Lipinski definition) is 2. The summed E-state index contributed by atoms with van der Waals surface area (Å²) in [6.45, 7) is 3.13. The minimum atomic E-state index is 0. The van der Waals surface area contributed by atoms with Crippen molar-refractivity contribution in [1.29, 1.82) is 0 Å². The lowest BCUT2D eigenvalue weighted by atomic mass is 9.66. The van der Waals surface area contributed by atoms with Gasteiger partial charge in [-0.3, -0.25) is 4.79 Å². The summed E-state index contributed by atoms with van der Waals surface area (Å²) in [5.41, 5.74) is 6.29. The van der Waals surface area contributed by atoms with Gasteiger partial charge in [-0.2, -0.15) is 0 Å². The van der Waals surface area contributed by atoms with Crippen molar-refractivity contribution >= 4 is 18.3 Å². The summed E-state index contributed by atoms with van der Waals surface area (Å²) in [4.78, 5) is 12.0. The zero-order chi connectivity index (χ0) is 12.3. The van der Waals surface area contributed by atoms with Crippen LogP contribution < -0.4 is 11.1 Å². The Balaban J connectivity index is 0.00000162. The molecule has 1 amide bonds. The van der Waals surface area contributed by atoms with E-state index in [0.29, 0.717) is 5.41 Å². The maximum atomic E-state index is 12.0. The number of rotatable bonds is 5. The van der Waals surface area contributed by atoms with Crippen molar-refractivity contribution in [2.75, 3.05) is 6.54 Å². The molecule has 2 aliphatic rings. The van der Waals surface area contributed by atoms with Gasteiger partial charge in [0.25, 0.3) is 0 Å². The van der Waals surface area contributed by atoms with Crippen LogP contribution in [0.1, 0.15) is 58.3 Å². The molecule has 0 heterocycles. The number of carbonyl (C=O) groups is 1. The lowest BCUT2D eigenvalue weighted by molar-refractivity contribution is -0.125. The molecule has 4 heteroatoms. The first-order valence-electron chi connectivity index (χ1n) is 7.18. The van der Waals surface area contributed by atoms with E-state index in [4.69, 9.17) is 5.73 Å². The molecule has 0 radical (unpaired) electrons. The van der Waals surface area contributed by atoms with Crippen LogP contribution in [0.5, 0.6) is 0 Å². The second kappa shape index (κ2) is 6.76. The second-order valence-electron chi connectivity index (χ2n) is 6.09. The largest absolute Gasteiger partial charge is 0.355 e. The van der Waals surface area contributed by atoms with Crippen molar-refractivity contribution in [3.05, 3.63) is 0 Å². The Kier molecular flexibility index (Phi) is 5.93. The molecular weight excluding hydrogens is 248 g/mol. The summed E-state index contributed by atoms with van der Waals surface area (Å²) in [6, 6.07) is 0.249. The molecule has 0 spiro atoms. The molecule has 0 saturated heterocycles. The molecule has 2 rings (SSSR count). The van der Waals surface area contributed by atoms with Gasteiger partial charge in [0.2, 0.25) is 5.91 Å². The Hall–Kier alpha value is -0.280. The first-order chi connectivity index (χ1) is 8.15. The molecule has 106 valence electrons. The Morgan fingerprint density at radius 1 is 1.39 bits per heavy atom. The van der Waals surface area contributed by atoms with E-state index in [1.807, 2.05) is 0 Å². The number of hydrogen-bond acceptors (Lipinski definition) is 2. The monoisotopic (exact) mass is 274 g/mol. The van der Waals surface area contributed by atoms with E-state index in [-0.39, 0.29) is 30.3 Å². The van der Waals surface area contributed by atoms with Crippen LogP contribution in [0.4, 0.5) is 0 Å². The fraction of sp³-hybridized carbons (Fsp3) is 0.929. The molecule has 2 saturated carbocycles. The van der Waals surface area contributed by atoms with Gasteiger partial charge < -0.3 is 11.1 Å². The highest BCUT2D eigenvalue weighted by Gasteiger charge is 2.37. The van der Waals surface area contributed by atoms with Gasteiger partial charge in [-0.15, -0.1) is 12.4 Å². The van der Waals surface area contributed by atoms with Crippen molar-refractivity contribution in [2.24, 2.45) is 17.1 Å². The van der Waals surface area contributed by atoms with E-state index in [0.717, 1.165) is 25.8 Å². The van der Waals surface area contributed by atoms with E-state index in [1.54, 1.807) is 0 Å². The van der Waals surface area contributed by atoms with E-state index in [9.17, 15) is 4.79 Å². The van der Waals surface area contributed by atoms with Crippen LogP contribution in [0, 0.1) is 11.3 Å². The van der Waals surface area contributed by atoms with Gasteiger partial charge in [0.05, 0.1) is 0 Å². The topological polar surface area (TPSA) is 55.1 Å². The van der Waals surface area contributed by atoms with Gasteiger partial charge in [0.1, 0.15) is 0 Å². The first kappa shape index (κ1) is 15.8. The van der Waals surface area contributed by atoms with Crippen molar-refractivity contribution in [1.82, 2.24) is 5.32 Å². The zero-order valence-corrected chi connectivity index (χ0v) is 12.2. The van der Waals surface area contributed by atoms with Crippen LogP contribution in [0.3, 0.4) is 0 Å². The summed E-state index contributed by atoms with van der Waals surface area (Å²) in [5.74, 6) is 0.434. The van der Waals surface area contributed by atoms with Crippen LogP contribution in [0.15, 0.2) is 0 Å². The third kappa shape index (κ3) is 3.61. The predicted molar refractivity (Wildman–Crippen MR) is 76.8 cm³/mol. The maximum absolute atomic E-state index is 12.0. The van der Waals surface area contributed by atoms with Gasteiger partial charge in [-0.1, -0.05) is 19.8 Å². The summed E-state index contributed by atoms with van der Waals surface area (Å²) in [7, 11) is 0. The van der Waals surface area contributed by atoms with E-state index >= 15 is 0 Å². The highest BCUT2D eigenvalue weighted by atomic mass is 35.5. The smallest absolute Gasteiger partial charge is 0.223 e. The average Bonchev–Trinajstić information content (AvgIpc) is 2.68. The molecule has 2 aliphatic carbocycles. The van der Waals surface area contributed by atoms with Gasteiger partial charge in [-0.25, -0.2) is 0 Å². The zero-order valence-electron chi connectivity index (χ0n) is 11.4. The van der Waals surface area contributed by atoms with Crippen molar-refractivity contribution in [3.8, 4) is 0 Å². The fourth-order valence-corrected chi connectivity index (χ4v) is 3.40.